The average Bonchev–Trinajstić information content (AvgIpc) is 3.15. The van der Waals surface area contributed by atoms with E-state index in [1.54, 1.807) is 19.2 Å². The van der Waals surface area contributed by atoms with E-state index in [-0.39, 0.29) is 23.9 Å². The zero-order valence-electron chi connectivity index (χ0n) is 17.4. The van der Waals surface area contributed by atoms with Crippen LogP contribution >= 0.6 is 15.9 Å². The molecular formula is C22H27BrN4O2. The molecule has 7 heteroatoms. The SMILES string of the molecule is C/C=C(\N=C(C)NC(=O)CNC(=O)c1ccn(C(C)(C)C)c1)c1cccc(Br)c1. The zero-order chi connectivity index (χ0) is 21.6. The molecule has 0 bridgehead atoms. The van der Waals surface area contributed by atoms with Gasteiger partial charge in [-0.05, 0) is 52.8 Å². The first-order valence-corrected chi connectivity index (χ1v) is 10.1. The molecule has 0 saturated carbocycles. The minimum atomic E-state index is -0.334. The van der Waals surface area contributed by atoms with Crippen molar-refractivity contribution in [2.45, 2.75) is 40.2 Å². The number of amidine groups is 1. The highest BCUT2D eigenvalue weighted by Gasteiger charge is 2.15. The summed E-state index contributed by atoms with van der Waals surface area (Å²) in [4.78, 5) is 28.9. The number of halogens is 1. The Morgan fingerprint density at radius 1 is 1.21 bits per heavy atom. The molecular weight excluding hydrogens is 432 g/mol. The van der Waals surface area contributed by atoms with Gasteiger partial charge in [-0.2, -0.15) is 0 Å². The number of amides is 2. The van der Waals surface area contributed by atoms with Crippen molar-refractivity contribution < 1.29 is 9.59 Å². The van der Waals surface area contributed by atoms with E-state index in [2.05, 4.69) is 52.3 Å². The molecule has 0 spiro atoms. The van der Waals surface area contributed by atoms with Crippen molar-refractivity contribution in [3.05, 3.63) is 64.4 Å². The van der Waals surface area contributed by atoms with Crippen LogP contribution in [0.1, 0.15) is 50.5 Å². The van der Waals surface area contributed by atoms with Crippen LogP contribution < -0.4 is 10.6 Å². The monoisotopic (exact) mass is 458 g/mol. The van der Waals surface area contributed by atoms with Gasteiger partial charge in [0.2, 0.25) is 5.91 Å². The second kappa shape index (κ2) is 9.69. The summed E-state index contributed by atoms with van der Waals surface area (Å²) in [6, 6.07) is 9.50. The van der Waals surface area contributed by atoms with Crippen molar-refractivity contribution in [1.82, 2.24) is 15.2 Å². The highest BCUT2D eigenvalue weighted by Crippen LogP contribution is 2.20. The zero-order valence-corrected chi connectivity index (χ0v) is 19.0. The number of hydrogen-bond donors (Lipinski definition) is 2. The lowest BCUT2D eigenvalue weighted by atomic mass is 10.1. The molecule has 0 atom stereocenters. The predicted octanol–water partition coefficient (Wildman–Crippen LogP) is 4.33. The van der Waals surface area contributed by atoms with Gasteiger partial charge in [0.1, 0.15) is 5.84 Å². The maximum absolute atomic E-state index is 12.3. The molecule has 0 radical (unpaired) electrons. The van der Waals surface area contributed by atoms with Crippen molar-refractivity contribution in [2.24, 2.45) is 4.99 Å². The lowest BCUT2D eigenvalue weighted by Gasteiger charge is -2.20. The third kappa shape index (κ3) is 6.71. The van der Waals surface area contributed by atoms with Crippen LogP contribution in [0.3, 0.4) is 0 Å². The molecule has 1 aromatic heterocycles. The third-order valence-electron chi connectivity index (χ3n) is 4.14. The van der Waals surface area contributed by atoms with Gasteiger partial charge in [0, 0.05) is 28.0 Å². The van der Waals surface area contributed by atoms with Crippen molar-refractivity contribution in [3.8, 4) is 0 Å². The Labute approximate surface area is 180 Å². The van der Waals surface area contributed by atoms with Crippen molar-refractivity contribution in [2.75, 3.05) is 6.54 Å². The normalized spacial score (nSPS) is 12.6. The molecule has 29 heavy (non-hydrogen) atoms. The van der Waals surface area contributed by atoms with E-state index in [1.165, 1.54) is 0 Å². The van der Waals surface area contributed by atoms with Gasteiger partial charge < -0.3 is 15.2 Å². The molecule has 0 aliphatic rings. The lowest BCUT2D eigenvalue weighted by molar-refractivity contribution is -0.118. The number of hydrogen-bond acceptors (Lipinski definition) is 3. The maximum atomic E-state index is 12.3. The molecule has 0 saturated heterocycles. The fraction of sp³-hybridized carbons (Fsp3) is 0.318. The predicted molar refractivity (Wildman–Crippen MR) is 121 cm³/mol. The number of benzene rings is 1. The topological polar surface area (TPSA) is 75.5 Å². The van der Waals surface area contributed by atoms with Gasteiger partial charge in [-0.25, -0.2) is 4.99 Å². The van der Waals surface area contributed by atoms with Crippen LogP contribution in [0, 0.1) is 0 Å². The van der Waals surface area contributed by atoms with Gasteiger partial charge in [0.15, 0.2) is 0 Å². The Kier molecular flexibility index (Phi) is 7.56. The van der Waals surface area contributed by atoms with Gasteiger partial charge in [-0.1, -0.05) is 34.1 Å². The maximum Gasteiger partial charge on any atom is 0.253 e. The number of carbonyl (C=O) groups excluding carboxylic acids is 2. The number of carbonyl (C=O) groups is 2. The van der Waals surface area contributed by atoms with Crippen LogP contribution in [-0.2, 0) is 10.3 Å². The van der Waals surface area contributed by atoms with Crippen LogP contribution in [0.4, 0.5) is 0 Å². The summed E-state index contributed by atoms with van der Waals surface area (Å²) in [7, 11) is 0. The molecule has 6 nitrogen and oxygen atoms in total. The summed E-state index contributed by atoms with van der Waals surface area (Å²) in [6.07, 6.45) is 5.50. The van der Waals surface area contributed by atoms with Crippen molar-refractivity contribution in [3.63, 3.8) is 0 Å². The minimum Gasteiger partial charge on any atom is -0.348 e. The Balaban J connectivity index is 1.93. The highest BCUT2D eigenvalue weighted by atomic mass is 79.9. The van der Waals surface area contributed by atoms with E-state index in [0.717, 1.165) is 15.7 Å². The molecule has 2 amide bonds. The minimum absolute atomic E-state index is 0.109. The Morgan fingerprint density at radius 3 is 2.52 bits per heavy atom. The summed E-state index contributed by atoms with van der Waals surface area (Å²) >= 11 is 3.44. The van der Waals surface area contributed by atoms with E-state index in [4.69, 9.17) is 0 Å². The summed E-state index contributed by atoms with van der Waals surface area (Å²) in [5.74, 6) is -0.170. The number of nitrogens with zero attached hydrogens (tertiary/aromatic N) is 2. The molecule has 154 valence electrons. The van der Waals surface area contributed by atoms with Crippen LogP contribution in [0.25, 0.3) is 5.70 Å². The molecule has 2 N–H and O–H groups in total. The van der Waals surface area contributed by atoms with E-state index in [0.29, 0.717) is 11.4 Å². The molecule has 0 fully saturated rings. The van der Waals surface area contributed by atoms with E-state index >= 15 is 0 Å². The molecule has 2 rings (SSSR count). The molecule has 0 aliphatic carbocycles. The standard InChI is InChI=1S/C22H27BrN4O2/c1-6-19(16-8-7-9-18(23)12-16)25-15(2)26-20(28)13-24-21(29)17-10-11-27(14-17)22(3,4)5/h6-12,14H,13H2,1-5H3,(H,24,29)(H,25,26,28)/b19-6-. The Bertz CT molecular complexity index is 952. The first-order chi connectivity index (χ1) is 13.6. The molecule has 2 aromatic rings. The molecule has 1 heterocycles. The molecule has 0 unspecified atom stereocenters. The van der Waals surface area contributed by atoms with Crippen LogP contribution in [0.15, 0.2) is 58.3 Å². The quantitative estimate of drug-likeness (QED) is 0.516. The first kappa shape index (κ1) is 22.6. The van der Waals surface area contributed by atoms with Crippen LogP contribution in [0.5, 0.6) is 0 Å². The molecule has 1 aromatic carbocycles. The Hall–Kier alpha value is -2.67. The summed E-state index contributed by atoms with van der Waals surface area (Å²) in [5, 5.41) is 5.34. The average molecular weight is 459 g/mol. The van der Waals surface area contributed by atoms with Gasteiger partial charge in [0.25, 0.3) is 5.91 Å². The number of allylic oxidation sites excluding steroid dienone is 1. The van der Waals surface area contributed by atoms with E-state index in [1.807, 2.05) is 48.0 Å². The molecule has 0 aliphatic heterocycles. The number of rotatable bonds is 5. The Morgan fingerprint density at radius 2 is 1.93 bits per heavy atom. The second-order valence-corrected chi connectivity index (χ2v) is 8.51. The van der Waals surface area contributed by atoms with E-state index in [9.17, 15) is 9.59 Å². The highest BCUT2D eigenvalue weighted by molar-refractivity contribution is 9.10. The second-order valence-electron chi connectivity index (χ2n) is 7.59. The largest absolute Gasteiger partial charge is 0.348 e. The summed E-state index contributed by atoms with van der Waals surface area (Å²) in [5.41, 5.74) is 2.09. The number of nitrogens with one attached hydrogen (secondary N) is 2. The van der Waals surface area contributed by atoms with Crippen molar-refractivity contribution in [1.29, 1.82) is 0 Å². The number of aromatic nitrogens is 1. The number of aliphatic imine (C=N–C) groups is 1. The van der Waals surface area contributed by atoms with Crippen LogP contribution in [-0.4, -0.2) is 28.8 Å². The van der Waals surface area contributed by atoms with E-state index < -0.39 is 0 Å². The summed E-state index contributed by atoms with van der Waals surface area (Å²) < 4.78 is 2.91. The summed E-state index contributed by atoms with van der Waals surface area (Å²) in [6.45, 7) is 9.63. The first-order valence-electron chi connectivity index (χ1n) is 9.34. The third-order valence-corrected chi connectivity index (χ3v) is 4.63. The van der Waals surface area contributed by atoms with Gasteiger partial charge in [-0.15, -0.1) is 0 Å². The fourth-order valence-electron chi connectivity index (χ4n) is 2.61. The smallest absolute Gasteiger partial charge is 0.253 e. The van der Waals surface area contributed by atoms with Crippen LogP contribution in [0.2, 0.25) is 0 Å². The van der Waals surface area contributed by atoms with Gasteiger partial charge >= 0.3 is 0 Å². The van der Waals surface area contributed by atoms with Crippen molar-refractivity contribution >= 4 is 39.3 Å². The fourth-order valence-corrected chi connectivity index (χ4v) is 3.01. The van der Waals surface area contributed by atoms with Gasteiger partial charge in [-0.3, -0.25) is 9.59 Å². The lowest BCUT2D eigenvalue weighted by Crippen LogP contribution is -2.39. The van der Waals surface area contributed by atoms with Gasteiger partial charge in [0.05, 0.1) is 17.8 Å².